The Labute approximate surface area is 107 Å². The Bertz CT molecular complexity index is 442. The van der Waals surface area contributed by atoms with E-state index in [0.717, 1.165) is 0 Å². The first-order chi connectivity index (χ1) is 8.21. The van der Waals surface area contributed by atoms with Crippen LogP contribution in [-0.2, 0) is 20.2 Å². The number of aliphatic imine (C=N–C) groups is 1. The van der Waals surface area contributed by atoms with E-state index in [1.165, 1.54) is 6.21 Å². The fourth-order valence-electron chi connectivity index (χ4n) is 1.04. The van der Waals surface area contributed by atoms with Crippen LogP contribution in [-0.4, -0.2) is 63.3 Å². The van der Waals surface area contributed by atoms with Crippen molar-refractivity contribution < 1.29 is 25.9 Å². The zero-order valence-electron chi connectivity index (χ0n) is 9.82. The predicted octanol–water partition coefficient (Wildman–Crippen LogP) is -0.797. The van der Waals surface area contributed by atoms with Crippen molar-refractivity contribution in [2.24, 2.45) is 4.99 Å². The van der Waals surface area contributed by atoms with Crippen molar-refractivity contribution in [1.29, 1.82) is 0 Å². The zero-order valence-corrected chi connectivity index (χ0v) is 11.5. The molecular formula is C8H18N2O6S2. The monoisotopic (exact) mass is 302 g/mol. The number of hydrogen-bond donors (Lipinski definition) is 3. The molecule has 3 N–H and O–H groups in total. The third-order valence-corrected chi connectivity index (χ3v) is 3.42. The lowest BCUT2D eigenvalue weighted by molar-refractivity contribution is 0.478. The fourth-order valence-corrected chi connectivity index (χ4v) is 2.04. The molecule has 0 aromatic rings. The van der Waals surface area contributed by atoms with Crippen LogP contribution in [0.25, 0.3) is 0 Å². The van der Waals surface area contributed by atoms with E-state index in [4.69, 9.17) is 9.11 Å². The van der Waals surface area contributed by atoms with E-state index in [-0.39, 0.29) is 17.9 Å². The highest BCUT2D eigenvalue weighted by Crippen LogP contribution is 1.88. The van der Waals surface area contributed by atoms with Crippen molar-refractivity contribution in [1.82, 2.24) is 5.32 Å². The van der Waals surface area contributed by atoms with Crippen molar-refractivity contribution in [3.05, 3.63) is 0 Å². The number of rotatable bonds is 10. The molecule has 0 aliphatic heterocycles. The van der Waals surface area contributed by atoms with Crippen molar-refractivity contribution in [2.45, 2.75) is 12.8 Å². The van der Waals surface area contributed by atoms with Gasteiger partial charge in [-0.1, -0.05) is 0 Å². The number of nitrogens with zero attached hydrogens (tertiary/aromatic N) is 1. The summed E-state index contributed by atoms with van der Waals surface area (Å²) < 4.78 is 58.2. The first-order valence-corrected chi connectivity index (χ1v) is 8.52. The van der Waals surface area contributed by atoms with Gasteiger partial charge in [-0.25, -0.2) is 0 Å². The second kappa shape index (κ2) is 8.53. The Morgan fingerprint density at radius 3 is 2.11 bits per heavy atom. The van der Waals surface area contributed by atoms with Gasteiger partial charge >= 0.3 is 0 Å². The molecule has 0 aromatic heterocycles. The van der Waals surface area contributed by atoms with Crippen LogP contribution in [0.4, 0.5) is 0 Å². The summed E-state index contributed by atoms with van der Waals surface area (Å²) in [6, 6.07) is 0. The van der Waals surface area contributed by atoms with E-state index in [1.807, 2.05) is 0 Å². The largest absolute Gasteiger partial charge is 0.312 e. The van der Waals surface area contributed by atoms with Crippen LogP contribution in [0.15, 0.2) is 4.99 Å². The maximum atomic E-state index is 10.4. The molecule has 0 rings (SSSR count). The molecule has 18 heavy (non-hydrogen) atoms. The molecule has 0 spiro atoms. The average molecular weight is 302 g/mol. The van der Waals surface area contributed by atoms with E-state index >= 15 is 0 Å². The Hall–Kier alpha value is -0.550. The molecule has 0 radical (unpaired) electrons. The van der Waals surface area contributed by atoms with Gasteiger partial charge in [0, 0.05) is 19.3 Å². The lowest BCUT2D eigenvalue weighted by atomic mass is 10.4. The summed E-state index contributed by atoms with van der Waals surface area (Å²) in [5.74, 6) is -0.600. The van der Waals surface area contributed by atoms with Crippen LogP contribution in [0.1, 0.15) is 12.8 Å². The van der Waals surface area contributed by atoms with E-state index in [1.54, 1.807) is 0 Å². The average Bonchev–Trinajstić information content (AvgIpc) is 2.17. The zero-order chi connectivity index (χ0) is 14.1. The summed E-state index contributed by atoms with van der Waals surface area (Å²) in [6.45, 7) is 1.15. The molecule has 0 saturated heterocycles. The summed E-state index contributed by atoms with van der Waals surface area (Å²) in [6.07, 6.45) is 2.09. The normalized spacial score (nSPS) is 13.2. The minimum atomic E-state index is -3.91. The van der Waals surface area contributed by atoms with Crippen molar-refractivity contribution in [2.75, 3.05) is 31.1 Å². The van der Waals surface area contributed by atoms with E-state index in [2.05, 4.69) is 10.3 Å². The van der Waals surface area contributed by atoms with Gasteiger partial charge in [0.05, 0.1) is 11.5 Å². The van der Waals surface area contributed by atoms with Crippen LogP contribution in [0.3, 0.4) is 0 Å². The minimum absolute atomic E-state index is 0.248. The summed E-state index contributed by atoms with van der Waals surface area (Å²) in [7, 11) is -7.81. The maximum Gasteiger partial charge on any atom is 0.264 e. The smallest absolute Gasteiger partial charge is 0.264 e. The maximum absolute atomic E-state index is 10.4. The van der Waals surface area contributed by atoms with Crippen LogP contribution in [0, 0.1) is 0 Å². The van der Waals surface area contributed by atoms with Gasteiger partial charge in [0.2, 0.25) is 0 Å². The molecule has 10 heteroatoms. The van der Waals surface area contributed by atoms with Crippen molar-refractivity contribution in [3.8, 4) is 0 Å². The molecule has 0 saturated carbocycles. The predicted molar refractivity (Wildman–Crippen MR) is 68.3 cm³/mol. The molecule has 0 unspecified atom stereocenters. The Morgan fingerprint density at radius 1 is 1.00 bits per heavy atom. The molecule has 8 nitrogen and oxygen atoms in total. The van der Waals surface area contributed by atoms with Gasteiger partial charge in [0.1, 0.15) is 0 Å². The Balaban J connectivity index is 3.39. The molecule has 0 amide bonds. The van der Waals surface area contributed by atoms with Crippen molar-refractivity contribution in [3.63, 3.8) is 0 Å². The summed E-state index contributed by atoms with van der Waals surface area (Å²) in [5.41, 5.74) is 0. The fraction of sp³-hybridized carbons (Fsp3) is 0.875. The summed E-state index contributed by atoms with van der Waals surface area (Å²) in [4.78, 5) is 3.89. The quantitative estimate of drug-likeness (QED) is 0.273. The van der Waals surface area contributed by atoms with Gasteiger partial charge in [0.25, 0.3) is 20.2 Å². The molecular weight excluding hydrogens is 284 g/mol. The van der Waals surface area contributed by atoms with E-state index in [9.17, 15) is 16.8 Å². The number of hydrogen-bond acceptors (Lipinski definition) is 6. The molecule has 0 atom stereocenters. The summed E-state index contributed by atoms with van der Waals surface area (Å²) in [5, 5.41) is 2.87. The molecule has 108 valence electrons. The lowest BCUT2D eigenvalue weighted by Crippen LogP contribution is -2.20. The van der Waals surface area contributed by atoms with Crippen LogP contribution in [0.5, 0.6) is 0 Å². The highest BCUT2D eigenvalue weighted by molar-refractivity contribution is 7.86. The SMILES string of the molecule is O=S(=O)(O)CCCN=CCNCCCS(=O)(=O)O. The first-order valence-electron chi connectivity index (χ1n) is 5.30. The minimum Gasteiger partial charge on any atom is -0.312 e. The van der Waals surface area contributed by atoms with Crippen molar-refractivity contribution >= 4 is 26.5 Å². The second-order valence-corrected chi connectivity index (χ2v) is 6.72. The second-order valence-electron chi connectivity index (χ2n) is 3.57. The molecule has 0 aliphatic carbocycles. The third kappa shape index (κ3) is 15.4. The van der Waals surface area contributed by atoms with E-state index in [0.29, 0.717) is 26.1 Å². The van der Waals surface area contributed by atoms with Gasteiger partial charge in [-0.3, -0.25) is 14.1 Å². The summed E-state index contributed by atoms with van der Waals surface area (Å²) >= 11 is 0. The Morgan fingerprint density at radius 2 is 1.56 bits per heavy atom. The van der Waals surface area contributed by atoms with E-state index < -0.39 is 20.2 Å². The van der Waals surface area contributed by atoms with Gasteiger partial charge in [-0.2, -0.15) is 16.8 Å². The molecule has 0 bridgehead atoms. The highest BCUT2D eigenvalue weighted by atomic mass is 32.2. The third-order valence-electron chi connectivity index (χ3n) is 1.81. The lowest BCUT2D eigenvalue weighted by Gasteiger charge is -1.99. The molecule has 0 aromatic carbocycles. The van der Waals surface area contributed by atoms with Gasteiger partial charge < -0.3 is 5.32 Å². The van der Waals surface area contributed by atoms with Crippen LogP contribution >= 0.6 is 0 Å². The van der Waals surface area contributed by atoms with Crippen LogP contribution in [0.2, 0.25) is 0 Å². The first kappa shape index (κ1) is 17.4. The molecule has 0 aliphatic rings. The van der Waals surface area contributed by atoms with Gasteiger partial charge in [-0.15, -0.1) is 0 Å². The molecule has 0 fully saturated rings. The Kier molecular flexibility index (Phi) is 8.27. The number of nitrogens with one attached hydrogen (secondary N) is 1. The van der Waals surface area contributed by atoms with Gasteiger partial charge in [-0.05, 0) is 19.4 Å². The highest BCUT2D eigenvalue weighted by Gasteiger charge is 2.02. The standard InChI is InChI=1S/C8H18N2O6S2/c11-17(12,13)7-1-3-9-5-6-10-4-2-8-18(14,15)16/h5,10H,1-4,6-8H2,(H,11,12,13)(H,14,15,16). The van der Waals surface area contributed by atoms with Gasteiger partial charge in [0.15, 0.2) is 0 Å². The van der Waals surface area contributed by atoms with Crippen LogP contribution < -0.4 is 5.32 Å². The topological polar surface area (TPSA) is 133 Å². The molecule has 0 heterocycles.